The van der Waals surface area contributed by atoms with Crippen LogP contribution in [0.4, 0.5) is 0 Å². The Kier molecular flexibility index (Phi) is 2.83. The van der Waals surface area contributed by atoms with Gasteiger partial charge >= 0.3 is 0 Å². The molecule has 0 aromatic heterocycles. The van der Waals surface area contributed by atoms with Crippen molar-refractivity contribution in [1.29, 1.82) is 0 Å². The second-order valence-corrected chi connectivity index (χ2v) is 2.36. The SMILES string of the molecule is Cc1ccccc1/C=C/[NH2+]O. The maximum absolute atomic E-state index is 8.41. The van der Waals surface area contributed by atoms with Crippen molar-refractivity contribution in [3.8, 4) is 0 Å². The van der Waals surface area contributed by atoms with Crippen LogP contribution < -0.4 is 5.48 Å². The Morgan fingerprint density at radius 3 is 2.73 bits per heavy atom. The third kappa shape index (κ3) is 2.18. The number of rotatable bonds is 2. The molecular formula is C9H12NO+. The third-order valence-corrected chi connectivity index (χ3v) is 1.55. The standard InChI is InChI=1S/C9H11NO/c1-8-4-2-3-5-9(8)6-7-10-11/h2-7,10-11H,1H3/p+1/b7-6+. The molecule has 1 aromatic carbocycles. The highest BCUT2D eigenvalue weighted by Gasteiger charge is 1.89. The van der Waals surface area contributed by atoms with Crippen molar-refractivity contribution in [2.75, 3.05) is 0 Å². The second kappa shape index (κ2) is 3.91. The van der Waals surface area contributed by atoms with Crippen molar-refractivity contribution in [3.05, 3.63) is 41.6 Å². The van der Waals surface area contributed by atoms with Gasteiger partial charge in [-0.2, -0.15) is 5.48 Å². The van der Waals surface area contributed by atoms with E-state index in [1.165, 1.54) is 5.56 Å². The molecule has 0 heterocycles. The highest BCUT2D eigenvalue weighted by molar-refractivity contribution is 5.51. The number of nitrogens with two attached hydrogens (primary N) is 1. The maximum atomic E-state index is 8.41. The lowest BCUT2D eigenvalue weighted by Gasteiger charge is -1.95. The zero-order valence-corrected chi connectivity index (χ0v) is 6.49. The quantitative estimate of drug-likeness (QED) is 0.604. The molecule has 2 heteroatoms. The summed E-state index contributed by atoms with van der Waals surface area (Å²) in [5.41, 5.74) is 3.38. The molecule has 0 aliphatic heterocycles. The van der Waals surface area contributed by atoms with Crippen molar-refractivity contribution in [2.24, 2.45) is 0 Å². The summed E-state index contributed by atoms with van der Waals surface area (Å²) in [6, 6.07) is 8.02. The summed E-state index contributed by atoms with van der Waals surface area (Å²) >= 11 is 0. The topological polar surface area (TPSA) is 36.8 Å². The summed E-state index contributed by atoms with van der Waals surface area (Å²) in [5.74, 6) is 0. The molecule has 0 radical (unpaired) electrons. The van der Waals surface area contributed by atoms with Gasteiger partial charge in [-0.05, 0) is 18.1 Å². The molecule has 0 saturated heterocycles. The number of hydrogen-bond donors (Lipinski definition) is 2. The van der Waals surface area contributed by atoms with Crippen LogP contribution in [0.1, 0.15) is 11.1 Å². The Bertz CT molecular complexity index is 255. The average Bonchev–Trinajstić information content (AvgIpc) is 2.03. The van der Waals surface area contributed by atoms with Gasteiger partial charge in [0.05, 0.1) is 0 Å². The summed E-state index contributed by atoms with van der Waals surface area (Å²) in [7, 11) is 0. The molecule has 0 unspecified atom stereocenters. The monoisotopic (exact) mass is 150 g/mol. The summed E-state index contributed by atoms with van der Waals surface area (Å²) in [6.07, 6.45) is 3.48. The van der Waals surface area contributed by atoms with Crippen molar-refractivity contribution in [3.63, 3.8) is 0 Å². The molecular weight excluding hydrogens is 138 g/mol. The zero-order valence-electron chi connectivity index (χ0n) is 6.49. The third-order valence-electron chi connectivity index (χ3n) is 1.55. The van der Waals surface area contributed by atoms with Gasteiger partial charge in [0.1, 0.15) is 6.20 Å². The largest absolute Gasteiger partial charge is 0.216 e. The number of quaternary nitrogens is 1. The van der Waals surface area contributed by atoms with Crippen molar-refractivity contribution in [2.45, 2.75) is 6.92 Å². The van der Waals surface area contributed by atoms with E-state index >= 15 is 0 Å². The first-order chi connectivity index (χ1) is 5.34. The zero-order chi connectivity index (χ0) is 8.10. The molecule has 0 aliphatic rings. The fourth-order valence-corrected chi connectivity index (χ4v) is 0.920. The van der Waals surface area contributed by atoms with E-state index in [0.717, 1.165) is 11.0 Å². The molecule has 1 rings (SSSR count). The molecule has 0 amide bonds. The minimum atomic E-state index is 1.03. The van der Waals surface area contributed by atoms with Crippen LogP contribution >= 0.6 is 0 Å². The predicted octanol–water partition coefficient (Wildman–Crippen LogP) is 0.918. The molecule has 58 valence electrons. The van der Waals surface area contributed by atoms with Gasteiger partial charge in [-0.25, -0.2) is 5.21 Å². The Morgan fingerprint density at radius 1 is 1.36 bits per heavy atom. The molecule has 0 aliphatic carbocycles. The van der Waals surface area contributed by atoms with E-state index in [-0.39, 0.29) is 0 Å². The Labute approximate surface area is 66.1 Å². The van der Waals surface area contributed by atoms with Gasteiger partial charge in [0.25, 0.3) is 0 Å². The van der Waals surface area contributed by atoms with Crippen molar-refractivity contribution < 1.29 is 10.7 Å². The van der Waals surface area contributed by atoms with Crippen LogP contribution in [0.2, 0.25) is 0 Å². The van der Waals surface area contributed by atoms with Crippen LogP contribution in [0.5, 0.6) is 0 Å². The Morgan fingerprint density at radius 2 is 2.09 bits per heavy atom. The summed E-state index contributed by atoms with van der Waals surface area (Å²) < 4.78 is 0. The second-order valence-electron chi connectivity index (χ2n) is 2.36. The molecule has 0 spiro atoms. The van der Waals surface area contributed by atoms with Crippen LogP contribution in [-0.4, -0.2) is 5.21 Å². The molecule has 0 atom stereocenters. The lowest BCUT2D eigenvalue weighted by atomic mass is 10.1. The summed E-state index contributed by atoms with van der Waals surface area (Å²) in [6.45, 7) is 2.04. The van der Waals surface area contributed by atoms with E-state index in [0.29, 0.717) is 0 Å². The van der Waals surface area contributed by atoms with E-state index < -0.39 is 0 Å². The van der Waals surface area contributed by atoms with Crippen molar-refractivity contribution in [1.82, 2.24) is 0 Å². The molecule has 11 heavy (non-hydrogen) atoms. The minimum Gasteiger partial charge on any atom is -0.216 e. The first kappa shape index (κ1) is 7.98. The van der Waals surface area contributed by atoms with Crippen molar-refractivity contribution >= 4 is 6.08 Å². The maximum Gasteiger partial charge on any atom is 0.125 e. The van der Waals surface area contributed by atoms with Crippen LogP contribution in [0.3, 0.4) is 0 Å². The van der Waals surface area contributed by atoms with Crippen LogP contribution in [0.15, 0.2) is 30.5 Å². The summed E-state index contributed by atoms with van der Waals surface area (Å²) in [4.78, 5) is 0. The predicted molar refractivity (Wildman–Crippen MR) is 43.9 cm³/mol. The molecule has 0 bridgehead atoms. The molecule has 1 aromatic rings. The van der Waals surface area contributed by atoms with Gasteiger partial charge in [-0.1, -0.05) is 24.3 Å². The van der Waals surface area contributed by atoms with Gasteiger partial charge in [-0.3, -0.25) is 0 Å². The lowest BCUT2D eigenvalue weighted by molar-refractivity contribution is -0.837. The van der Waals surface area contributed by atoms with Gasteiger partial charge in [0.2, 0.25) is 0 Å². The normalized spacial score (nSPS) is 10.7. The van der Waals surface area contributed by atoms with E-state index in [1.54, 1.807) is 6.20 Å². The Balaban J connectivity index is 2.86. The number of hydroxylamine groups is 1. The van der Waals surface area contributed by atoms with E-state index in [9.17, 15) is 0 Å². The van der Waals surface area contributed by atoms with Crippen LogP contribution in [-0.2, 0) is 0 Å². The van der Waals surface area contributed by atoms with Crippen LogP contribution in [0.25, 0.3) is 6.08 Å². The molecule has 0 saturated carbocycles. The average molecular weight is 150 g/mol. The van der Waals surface area contributed by atoms with E-state index in [1.807, 2.05) is 37.3 Å². The molecule has 3 N–H and O–H groups in total. The fourth-order valence-electron chi connectivity index (χ4n) is 0.920. The smallest absolute Gasteiger partial charge is 0.125 e. The number of aryl methyl sites for hydroxylation is 1. The van der Waals surface area contributed by atoms with Gasteiger partial charge in [-0.15, -0.1) is 0 Å². The molecule has 0 fully saturated rings. The minimum absolute atomic E-state index is 1.03. The van der Waals surface area contributed by atoms with Gasteiger partial charge < -0.3 is 0 Å². The van der Waals surface area contributed by atoms with Gasteiger partial charge in [0.15, 0.2) is 0 Å². The van der Waals surface area contributed by atoms with Crippen LogP contribution in [0, 0.1) is 6.92 Å². The van der Waals surface area contributed by atoms with E-state index in [4.69, 9.17) is 5.21 Å². The molecule has 2 nitrogen and oxygen atoms in total. The first-order valence-electron chi connectivity index (χ1n) is 3.54. The number of benzene rings is 1. The Hall–Kier alpha value is -1.12. The highest BCUT2D eigenvalue weighted by atomic mass is 16.5. The number of hydrogen-bond acceptors (Lipinski definition) is 1. The summed E-state index contributed by atoms with van der Waals surface area (Å²) in [5, 5.41) is 8.41. The fraction of sp³-hybridized carbons (Fsp3) is 0.111. The highest BCUT2D eigenvalue weighted by Crippen LogP contribution is 2.07. The van der Waals surface area contributed by atoms with Gasteiger partial charge in [0, 0.05) is 6.08 Å². The first-order valence-corrected chi connectivity index (χ1v) is 3.54. The van der Waals surface area contributed by atoms with E-state index in [2.05, 4.69) is 0 Å². The lowest BCUT2D eigenvalue weighted by Crippen LogP contribution is -2.73.